The Balaban J connectivity index is 0.000000420. The Labute approximate surface area is 239 Å². The summed E-state index contributed by atoms with van der Waals surface area (Å²) in [6, 6.07) is 0. The molecule has 0 aliphatic carbocycles. The van der Waals surface area contributed by atoms with E-state index in [0.29, 0.717) is 0 Å². The zero-order chi connectivity index (χ0) is 32.9. The van der Waals surface area contributed by atoms with Crippen molar-refractivity contribution in [1.82, 2.24) is 9.80 Å². The summed E-state index contributed by atoms with van der Waals surface area (Å²) >= 11 is 0. The maximum atomic E-state index is 12.2. The largest absolute Gasteiger partial charge is 0.534 e. The maximum Gasteiger partial charge on any atom is 0.534 e. The molecule has 0 saturated carbocycles. The van der Waals surface area contributed by atoms with Crippen LogP contribution in [0.1, 0.15) is 60.8 Å². The minimum atomic E-state index is -5.73. The molecule has 244 valence electrons. The minimum absolute atomic E-state index is 0.0192. The van der Waals surface area contributed by atoms with Gasteiger partial charge in [-0.2, -0.15) is 43.2 Å². The van der Waals surface area contributed by atoms with Gasteiger partial charge < -0.3 is 22.7 Å². The number of hydrogen-bond acceptors (Lipinski definition) is 10. The lowest BCUT2D eigenvalue weighted by Gasteiger charge is -2.29. The molecule has 0 atom stereocenters. The highest BCUT2D eigenvalue weighted by Gasteiger charge is 2.50. The van der Waals surface area contributed by atoms with Crippen molar-refractivity contribution < 1.29 is 70.6 Å². The molecule has 0 radical (unpaired) electrons. The van der Waals surface area contributed by atoms with E-state index < -0.39 is 72.7 Å². The average Bonchev–Trinajstić information content (AvgIpc) is 2.75. The quantitative estimate of drug-likeness (QED) is 0.226. The molecule has 0 aromatic carbocycles. The molecule has 0 unspecified atom stereocenters. The molecular weight excluding hydrogens is 630 g/mol. The first-order chi connectivity index (χ1) is 18.6. The van der Waals surface area contributed by atoms with E-state index in [4.69, 9.17) is 9.47 Å². The number of rotatable bonds is 4. The lowest BCUT2D eigenvalue weighted by atomic mass is 10.2. The molecule has 42 heavy (non-hydrogen) atoms. The molecule has 0 N–H and O–H groups in total. The summed E-state index contributed by atoms with van der Waals surface area (Å²) in [5.41, 5.74) is -12.6. The van der Waals surface area contributed by atoms with Gasteiger partial charge in [-0.15, -0.1) is 0 Å². The van der Waals surface area contributed by atoms with E-state index in [2.05, 4.69) is 8.37 Å². The molecule has 2 heterocycles. The van der Waals surface area contributed by atoms with Gasteiger partial charge in [-0.1, -0.05) is 0 Å². The number of ether oxygens (including phenoxy) is 2. The number of amides is 2. The molecule has 0 fully saturated rings. The highest BCUT2D eigenvalue weighted by molar-refractivity contribution is 7.88. The highest BCUT2D eigenvalue weighted by atomic mass is 32.2. The zero-order valence-corrected chi connectivity index (χ0v) is 25.1. The number of nitrogens with zero attached hydrogens (tertiary/aromatic N) is 2. The summed E-state index contributed by atoms with van der Waals surface area (Å²) in [4.78, 5) is 25.6. The Kier molecular flexibility index (Phi) is 11.6. The third-order valence-electron chi connectivity index (χ3n) is 4.52. The fourth-order valence-corrected chi connectivity index (χ4v) is 3.89. The molecule has 2 aliphatic rings. The molecule has 0 bridgehead atoms. The van der Waals surface area contributed by atoms with Gasteiger partial charge in [0.25, 0.3) is 0 Å². The lowest BCUT2D eigenvalue weighted by molar-refractivity contribution is -0.0530. The first-order valence-electron chi connectivity index (χ1n) is 12.0. The van der Waals surface area contributed by atoms with Crippen LogP contribution < -0.4 is 0 Å². The monoisotopic (exact) mass is 662 g/mol. The van der Waals surface area contributed by atoms with Gasteiger partial charge in [0.1, 0.15) is 22.7 Å². The maximum absolute atomic E-state index is 12.2. The van der Waals surface area contributed by atoms with Crippen LogP contribution in [0.3, 0.4) is 0 Å². The third-order valence-corrected chi connectivity index (χ3v) is 6.52. The second-order valence-corrected chi connectivity index (χ2v) is 13.8. The first-order valence-corrected chi connectivity index (χ1v) is 14.8. The summed E-state index contributed by atoms with van der Waals surface area (Å²) in [5, 5.41) is 0. The van der Waals surface area contributed by atoms with Crippen molar-refractivity contribution in [2.45, 2.75) is 83.0 Å². The molecule has 2 amide bonds. The molecule has 0 spiro atoms. The number of halogens is 6. The average molecular weight is 663 g/mol. The predicted octanol–water partition coefficient (Wildman–Crippen LogP) is 5.10. The van der Waals surface area contributed by atoms with Crippen molar-refractivity contribution in [3.05, 3.63) is 23.8 Å². The standard InChI is InChI=1S/2C11H16F3NO5S/c2*1-10(2,3)19-9(16)15-6-4-5-8(7-15)20-21(17,18)11(12,13)14/h7H,4-6H2,1-3H3;5H,4,6-7H2,1-3H3. The van der Waals surface area contributed by atoms with E-state index in [1.807, 2.05) is 0 Å². The number of carbonyl (C=O) groups is 2. The normalized spacial score (nSPS) is 17.2. The van der Waals surface area contributed by atoms with Crippen LogP contribution in [-0.4, -0.2) is 80.7 Å². The molecule has 0 aromatic rings. The van der Waals surface area contributed by atoms with Crippen molar-refractivity contribution >= 4 is 32.4 Å². The fraction of sp³-hybridized carbons (Fsp3) is 0.727. The summed E-state index contributed by atoms with van der Waals surface area (Å²) < 4.78 is 135. The SMILES string of the molecule is CC(C)(C)OC(=O)N1C=C(OS(=O)(=O)C(F)(F)F)CCC1.CC(C)(C)OC(=O)N1CCC=C(OS(=O)(=O)C(F)(F)F)C1. The van der Waals surface area contributed by atoms with Crippen LogP contribution >= 0.6 is 0 Å². The van der Waals surface area contributed by atoms with E-state index in [0.717, 1.165) is 16.0 Å². The van der Waals surface area contributed by atoms with Gasteiger partial charge in [0, 0.05) is 25.7 Å². The van der Waals surface area contributed by atoms with Crippen LogP contribution in [0.25, 0.3) is 0 Å². The summed E-state index contributed by atoms with van der Waals surface area (Å²) in [6.07, 6.45) is 0.994. The van der Waals surface area contributed by atoms with Crippen LogP contribution in [0, 0.1) is 0 Å². The molecule has 2 rings (SSSR count). The van der Waals surface area contributed by atoms with Crippen LogP contribution in [0.2, 0.25) is 0 Å². The van der Waals surface area contributed by atoms with Crippen molar-refractivity contribution in [3.63, 3.8) is 0 Å². The van der Waals surface area contributed by atoms with Crippen LogP contribution in [-0.2, 0) is 38.1 Å². The number of allylic oxidation sites excluding steroid dienone is 1. The lowest BCUT2D eigenvalue weighted by Crippen LogP contribution is -2.41. The summed E-state index contributed by atoms with van der Waals surface area (Å²) in [5.74, 6) is -0.908. The van der Waals surface area contributed by atoms with E-state index in [-0.39, 0.29) is 32.4 Å². The Morgan fingerprint density at radius 1 is 0.738 bits per heavy atom. The molecule has 12 nitrogen and oxygen atoms in total. The van der Waals surface area contributed by atoms with E-state index >= 15 is 0 Å². The highest BCUT2D eigenvalue weighted by Crippen LogP contribution is 2.30. The Morgan fingerprint density at radius 3 is 1.64 bits per heavy atom. The van der Waals surface area contributed by atoms with Crippen LogP contribution in [0.15, 0.2) is 23.8 Å². The van der Waals surface area contributed by atoms with Gasteiger partial charge in [0.15, 0.2) is 0 Å². The second kappa shape index (κ2) is 13.2. The second-order valence-electron chi connectivity index (χ2n) is 10.7. The zero-order valence-electron chi connectivity index (χ0n) is 23.5. The van der Waals surface area contributed by atoms with E-state index in [1.54, 1.807) is 41.5 Å². The molecule has 2 aliphatic heterocycles. The Morgan fingerprint density at radius 2 is 1.19 bits per heavy atom. The number of carbonyl (C=O) groups excluding carboxylic acids is 2. The van der Waals surface area contributed by atoms with Crippen molar-refractivity contribution in [2.24, 2.45) is 0 Å². The van der Waals surface area contributed by atoms with E-state index in [1.165, 1.54) is 6.08 Å². The van der Waals surface area contributed by atoms with Gasteiger partial charge in [0.05, 0.1) is 6.54 Å². The van der Waals surface area contributed by atoms with Crippen LogP contribution in [0.5, 0.6) is 0 Å². The molecule has 20 heteroatoms. The topological polar surface area (TPSA) is 146 Å². The fourth-order valence-electron chi connectivity index (χ4n) is 2.89. The summed E-state index contributed by atoms with van der Waals surface area (Å²) in [6.45, 7) is 9.80. The van der Waals surface area contributed by atoms with Gasteiger partial charge in [-0.3, -0.25) is 4.90 Å². The van der Waals surface area contributed by atoms with E-state index in [9.17, 15) is 52.8 Å². The third kappa shape index (κ3) is 12.1. The number of alkyl halides is 6. The van der Waals surface area contributed by atoms with Gasteiger partial charge >= 0.3 is 43.4 Å². The Hall–Kier alpha value is -2.90. The molecule has 0 saturated heterocycles. The smallest absolute Gasteiger partial charge is 0.444 e. The number of hydrogen-bond donors (Lipinski definition) is 0. The molecular formula is C22H32F6N2O10S2. The van der Waals surface area contributed by atoms with Gasteiger partial charge in [-0.05, 0) is 60.5 Å². The van der Waals surface area contributed by atoms with Gasteiger partial charge in [0.2, 0.25) is 0 Å². The predicted molar refractivity (Wildman–Crippen MR) is 133 cm³/mol. The minimum Gasteiger partial charge on any atom is -0.444 e. The van der Waals surface area contributed by atoms with Crippen molar-refractivity contribution in [2.75, 3.05) is 19.6 Å². The summed E-state index contributed by atoms with van der Waals surface area (Å²) in [7, 11) is -11.5. The first kappa shape index (κ1) is 37.1. The van der Waals surface area contributed by atoms with Gasteiger partial charge in [-0.25, -0.2) is 9.59 Å². The Bertz CT molecular complexity index is 1260. The molecule has 0 aromatic heterocycles. The van der Waals surface area contributed by atoms with Crippen LogP contribution in [0.4, 0.5) is 35.9 Å². The van der Waals surface area contributed by atoms with Crippen molar-refractivity contribution in [1.29, 1.82) is 0 Å². The van der Waals surface area contributed by atoms with Crippen molar-refractivity contribution in [3.8, 4) is 0 Å².